The van der Waals surface area contributed by atoms with Crippen LogP contribution in [0.1, 0.15) is 44.0 Å². The molecule has 1 aromatic heterocycles. The monoisotopic (exact) mass is 276 g/mol. The molecule has 1 aromatic rings. The lowest BCUT2D eigenvalue weighted by molar-refractivity contribution is -0.149. The summed E-state index contributed by atoms with van der Waals surface area (Å²) in [5, 5.41) is 3.52. The Hall–Kier alpha value is -1.42. The van der Waals surface area contributed by atoms with Crippen LogP contribution in [0.3, 0.4) is 0 Å². The van der Waals surface area contributed by atoms with Crippen molar-refractivity contribution in [1.82, 2.24) is 10.3 Å². The molecule has 1 aliphatic carbocycles. The zero-order chi connectivity index (χ0) is 14.4. The van der Waals surface area contributed by atoms with Gasteiger partial charge in [-0.05, 0) is 45.2 Å². The van der Waals surface area contributed by atoms with Crippen LogP contribution in [0.25, 0.3) is 0 Å². The number of esters is 1. The third-order valence-electron chi connectivity index (χ3n) is 3.81. The van der Waals surface area contributed by atoms with E-state index in [0.717, 1.165) is 43.6 Å². The lowest BCUT2D eigenvalue weighted by atomic mass is 9.85. The third-order valence-corrected chi connectivity index (χ3v) is 3.81. The van der Waals surface area contributed by atoms with E-state index in [9.17, 15) is 4.79 Å². The first-order valence-electron chi connectivity index (χ1n) is 7.51. The molecular formula is C16H24N2O2. The third kappa shape index (κ3) is 4.30. The molecule has 0 spiro atoms. The first kappa shape index (κ1) is 15.0. The molecule has 1 N–H and O–H groups in total. The van der Waals surface area contributed by atoms with Gasteiger partial charge in [0.15, 0.2) is 0 Å². The number of nitrogens with zero attached hydrogens (tertiary/aromatic N) is 1. The number of hydrogen-bond acceptors (Lipinski definition) is 4. The lowest BCUT2D eigenvalue weighted by Gasteiger charge is -2.28. The van der Waals surface area contributed by atoms with Crippen LogP contribution in [0.2, 0.25) is 0 Å². The largest absolute Gasteiger partial charge is 0.466 e. The fourth-order valence-corrected chi connectivity index (χ4v) is 2.80. The minimum atomic E-state index is -0.0346. The number of carbonyl (C=O) groups is 1. The van der Waals surface area contributed by atoms with E-state index in [1.165, 1.54) is 0 Å². The highest BCUT2D eigenvalue weighted by Gasteiger charge is 2.27. The molecule has 1 fully saturated rings. The molecule has 1 heterocycles. The smallest absolute Gasteiger partial charge is 0.308 e. The van der Waals surface area contributed by atoms with Crippen molar-refractivity contribution in [2.45, 2.75) is 52.1 Å². The Labute approximate surface area is 120 Å². The van der Waals surface area contributed by atoms with Gasteiger partial charge >= 0.3 is 5.97 Å². The van der Waals surface area contributed by atoms with Crippen LogP contribution in [0.15, 0.2) is 18.2 Å². The van der Waals surface area contributed by atoms with Crippen molar-refractivity contribution in [2.75, 3.05) is 6.61 Å². The summed E-state index contributed by atoms with van der Waals surface area (Å²) in [5.41, 5.74) is 2.10. The first-order chi connectivity index (χ1) is 9.69. The summed E-state index contributed by atoms with van der Waals surface area (Å²) in [6.45, 7) is 5.10. The summed E-state index contributed by atoms with van der Waals surface area (Å²) in [6, 6.07) is 6.45. The fourth-order valence-electron chi connectivity index (χ4n) is 2.80. The molecule has 4 heteroatoms. The highest BCUT2D eigenvalue weighted by Crippen LogP contribution is 2.25. The van der Waals surface area contributed by atoms with Gasteiger partial charge in [0.05, 0.1) is 18.2 Å². The van der Waals surface area contributed by atoms with Gasteiger partial charge < -0.3 is 10.1 Å². The highest BCUT2D eigenvalue weighted by molar-refractivity contribution is 5.72. The van der Waals surface area contributed by atoms with Crippen molar-refractivity contribution in [3.05, 3.63) is 29.6 Å². The second-order valence-corrected chi connectivity index (χ2v) is 5.46. The Kier molecular flexibility index (Phi) is 5.53. The molecule has 1 saturated carbocycles. The van der Waals surface area contributed by atoms with Gasteiger partial charge in [-0.2, -0.15) is 0 Å². The molecule has 0 saturated heterocycles. The number of pyridine rings is 1. The molecule has 20 heavy (non-hydrogen) atoms. The van der Waals surface area contributed by atoms with Crippen LogP contribution in [0.4, 0.5) is 0 Å². The van der Waals surface area contributed by atoms with Gasteiger partial charge in [0.2, 0.25) is 0 Å². The van der Waals surface area contributed by atoms with Crippen LogP contribution in [-0.4, -0.2) is 23.6 Å². The predicted octanol–water partition coefficient (Wildman–Crippen LogP) is 2.60. The van der Waals surface area contributed by atoms with Crippen molar-refractivity contribution in [2.24, 2.45) is 5.92 Å². The number of nitrogens with one attached hydrogen (secondary N) is 1. The Morgan fingerprint density at radius 3 is 3.05 bits per heavy atom. The molecule has 2 unspecified atom stereocenters. The molecule has 0 aromatic carbocycles. The number of carbonyl (C=O) groups excluding carboxylic acids is 1. The second kappa shape index (κ2) is 7.39. The Morgan fingerprint density at radius 2 is 2.30 bits per heavy atom. The van der Waals surface area contributed by atoms with E-state index in [1.54, 1.807) is 0 Å². The van der Waals surface area contributed by atoms with Crippen molar-refractivity contribution in [3.63, 3.8) is 0 Å². The minimum Gasteiger partial charge on any atom is -0.466 e. The van der Waals surface area contributed by atoms with E-state index in [-0.39, 0.29) is 11.9 Å². The number of rotatable bonds is 5. The number of hydrogen-bond donors (Lipinski definition) is 1. The highest BCUT2D eigenvalue weighted by atomic mass is 16.5. The SMILES string of the molecule is CCOC(=O)C1CCCC(NCc2cccc(C)n2)C1. The molecule has 0 amide bonds. The van der Waals surface area contributed by atoms with Crippen molar-refractivity contribution in [1.29, 1.82) is 0 Å². The van der Waals surface area contributed by atoms with E-state index in [1.807, 2.05) is 32.0 Å². The summed E-state index contributed by atoms with van der Waals surface area (Å²) in [5.74, 6) is 0.0272. The lowest BCUT2D eigenvalue weighted by Crippen LogP contribution is -2.36. The molecule has 4 nitrogen and oxygen atoms in total. The van der Waals surface area contributed by atoms with Crippen molar-refractivity contribution >= 4 is 5.97 Å². The summed E-state index contributed by atoms with van der Waals surface area (Å²) >= 11 is 0. The Bertz CT molecular complexity index is 448. The second-order valence-electron chi connectivity index (χ2n) is 5.46. The predicted molar refractivity (Wildman–Crippen MR) is 78.2 cm³/mol. The van der Waals surface area contributed by atoms with Gasteiger partial charge in [0, 0.05) is 18.3 Å². The van der Waals surface area contributed by atoms with Crippen LogP contribution < -0.4 is 5.32 Å². The molecule has 0 bridgehead atoms. The van der Waals surface area contributed by atoms with Crippen LogP contribution >= 0.6 is 0 Å². The zero-order valence-corrected chi connectivity index (χ0v) is 12.4. The summed E-state index contributed by atoms with van der Waals surface area (Å²) in [6.07, 6.45) is 4.05. The van der Waals surface area contributed by atoms with E-state index >= 15 is 0 Å². The molecule has 2 rings (SSSR count). The molecular weight excluding hydrogens is 252 g/mol. The van der Waals surface area contributed by atoms with Gasteiger partial charge in [0.25, 0.3) is 0 Å². The molecule has 0 aliphatic heterocycles. The van der Waals surface area contributed by atoms with E-state index in [2.05, 4.69) is 10.3 Å². The number of aryl methyl sites for hydroxylation is 1. The number of ether oxygens (including phenoxy) is 1. The maximum Gasteiger partial charge on any atom is 0.308 e. The van der Waals surface area contributed by atoms with Gasteiger partial charge in [-0.1, -0.05) is 12.5 Å². The van der Waals surface area contributed by atoms with E-state index in [4.69, 9.17) is 4.74 Å². The van der Waals surface area contributed by atoms with Crippen molar-refractivity contribution < 1.29 is 9.53 Å². The fraction of sp³-hybridized carbons (Fsp3) is 0.625. The average molecular weight is 276 g/mol. The average Bonchev–Trinajstić information content (AvgIpc) is 2.46. The summed E-state index contributed by atoms with van der Waals surface area (Å²) in [4.78, 5) is 16.3. The maximum absolute atomic E-state index is 11.8. The van der Waals surface area contributed by atoms with E-state index in [0.29, 0.717) is 12.6 Å². The topological polar surface area (TPSA) is 51.2 Å². The standard InChI is InChI=1S/C16H24N2O2/c1-3-20-16(19)13-7-5-8-14(10-13)17-11-15-9-4-6-12(2)18-15/h4,6,9,13-14,17H,3,5,7-8,10-11H2,1-2H3. The Balaban J connectivity index is 1.82. The van der Waals surface area contributed by atoms with Gasteiger partial charge in [-0.3, -0.25) is 9.78 Å². The van der Waals surface area contributed by atoms with Crippen molar-refractivity contribution in [3.8, 4) is 0 Å². The molecule has 2 atom stereocenters. The van der Waals surface area contributed by atoms with Gasteiger partial charge in [-0.15, -0.1) is 0 Å². The first-order valence-corrected chi connectivity index (χ1v) is 7.51. The van der Waals surface area contributed by atoms with E-state index < -0.39 is 0 Å². The number of aromatic nitrogens is 1. The molecule has 110 valence electrons. The van der Waals surface area contributed by atoms with Crippen LogP contribution in [0, 0.1) is 12.8 Å². The quantitative estimate of drug-likeness (QED) is 0.840. The molecule has 0 radical (unpaired) electrons. The Morgan fingerprint density at radius 1 is 1.45 bits per heavy atom. The normalized spacial score (nSPS) is 22.5. The summed E-state index contributed by atoms with van der Waals surface area (Å²) < 4.78 is 5.13. The van der Waals surface area contributed by atoms with Crippen LogP contribution in [0.5, 0.6) is 0 Å². The molecule has 1 aliphatic rings. The maximum atomic E-state index is 11.8. The van der Waals surface area contributed by atoms with Crippen LogP contribution in [-0.2, 0) is 16.1 Å². The van der Waals surface area contributed by atoms with Gasteiger partial charge in [-0.25, -0.2) is 0 Å². The zero-order valence-electron chi connectivity index (χ0n) is 12.4. The van der Waals surface area contributed by atoms with Gasteiger partial charge in [0.1, 0.15) is 0 Å². The minimum absolute atomic E-state index is 0.0346. The summed E-state index contributed by atoms with van der Waals surface area (Å²) in [7, 11) is 0.